The first-order chi connectivity index (χ1) is 14.1. The molecule has 1 saturated carbocycles. The van der Waals surface area contributed by atoms with E-state index in [-0.39, 0.29) is 23.3 Å². The molecule has 1 aliphatic rings. The molecule has 0 unspecified atom stereocenters. The lowest BCUT2D eigenvalue weighted by Crippen LogP contribution is -2.29. The minimum Gasteiger partial charge on any atom is -0.352 e. The first kappa shape index (κ1) is 22.1. The van der Waals surface area contributed by atoms with Gasteiger partial charge in [0.15, 0.2) is 0 Å². The molecule has 1 aliphatic carbocycles. The van der Waals surface area contributed by atoms with E-state index in [1.807, 2.05) is 13.8 Å². The van der Waals surface area contributed by atoms with Gasteiger partial charge in [-0.3, -0.25) is 4.79 Å². The summed E-state index contributed by atoms with van der Waals surface area (Å²) in [6, 6.07) is 3.90. The molecule has 3 rings (SSSR count). The van der Waals surface area contributed by atoms with Gasteiger partial charge in [-0.25, -0.2) is 9.37 Å². The highest BCUT2D eigenvalue weighted by Crippen LogP contribution is 2.32. The van der Waals surface area contributed by atoms with E-state index in [9.17, 15) is 22.4 Å². The quantitative estimate of drug-likeness (QED) is 0.558. The number of alkyl halides is 3. The molecule has 1 fully saturated rings. The van der Waals surface area contributed by atoms with Crippen LogP contribution >= 0.6 is 0 Å². The Morgan fingerprint density at radius 1 is 1.20 bits per heavy atom. The number of hydrogen-bond donors (Lipinski definition) is 2. The van der Waals surface area contributed by atoms with E-state index in [0.29, 0.717) is 24.1 Å². The van der Waals surface area contributed by atoms with Gasteiger partial charge in [0.25, 0.3) is 5.91 Å². The van der Waals surface area contributed by atoms with E-state index < -0.39 is 17.6 Å². The van der Waals surface area contributed by atoms with Gasteiger partial charge in [-0.2, -0.15) is 13.2 Å². The van der Waals surface area contributed by atoms with Crippen LogP contribution in [0.2, 0.25) is 0 Å². The number of nitrogens with zero attached hydrogens (tertiary/aromatic N) is 1. The smallest absolute Gasteiger partial charge is 0.352 e. The highest BCUT2D eigenvalue weighted by Gasteiger charge is 2.31. The summed E-state index contributed by atoms with van der Waals surface area (Å²) < 4.78 is 52.3. The SMILES string of the molecule is CC(C)c1cc(Nc2ccc(C(F)(F)F)cc2F)ncc1C(=O)NCC1CCCC1. The number of rotatable bonds is 6. The zero-order valence-electron chi connectivity index (χ0n) is 16.9. The van der Waals surface area contributed by atoms with Crippen LogP contribution in [0, 0.1) is 11.7 Å². The van der Waals surface area contributed by atoms with Crippen molar-refractivity contribution in [2.45, 2.75) is 51.6 Å². The normalized spacial score (nSPS) is 14.9. The third-order valence-electron chi connectivity index (χ3n) is 5.39. The summed E-state index contributed by atoms with van der Waals surface area (Å²) in [5.41, 5.74) is -0.00974. The molecule has 8 heteroatoms. The predicted octanol–water partition coefficient (Wildman–Crippen LogP) is 6.03. The maximum absolute atomic E-state index is 14.1. The van der Waals surface area contributed by atoms with Gasteiger partial charge in [0.05, 0.1) is 16.8 Å². The Balaban J connectivity index is 1.77. The van der Waals surface area contributed by atoms with Crippen LogP contribution in [0.15, 0.2) is 30.5 Å². The molecule has 1 amide bonds. The van der Waals surface area contributed by atoms with E-state index in [0.717, 1.165) is 30.5 Å². The Hall–Kier alpha value is -2.64. The van der Waals surface area contributed by atoms with Crippen molar-refractivity contribution in [2.75, 3.05) is 11.9 Å². The molecule has 0 saturated heterocycles. The van der Waals surface area contributed by atoms with Crippen LogP contribution in [0.3, 0.4) is 0 Å². The molecule has 0 spiro atoms. The van der Waals surface area contributed by atoms with Gasteiger partial charge in [-0.1, -0.05) is 26.7 Å². The molecule has 4 nitrogen and oxygen atoms in total. The molecular formula is C22H25F4N3O. The molecule has 0 atom stereocenters. The second-order valence-electron chi connectivity index (χ2n) is 7.99. The van der Waals surface area contributed by atoms with Crippen molar-refractivity contribution in [2.24, 2.45) is 5.92 Å². The summed E-state index contributed by atoms with van der Waals surface area (Å²) in [7, 11) is 0. The third kappa shape index (κ3) is 5.29. The number of amides is 1. The Bertz CT molecular complexity index is 906. The van der Waals surface area contributed by atoms with Gasteiger partial charge in [0, 0.05) is 12.7 Å². The van der Waals surface area contributed by atoms with Crippen molar-refractivity contribution < 1.29 is 22.4 Å². The summed E-state index contributed by atoms with van der Waals surface area (Å²) in [4.78, 5) is 16.8. The zero-order valence-corrected chi connectivity index (χ0v) is 16.9. The van der Waals surface area contributed by atoms with E-state index in [2.05, 4.69) is 15.6 Å². The molecule has 0 aliphatic heterocycles. The van der Waals surface area contributed by atoms with Crippen LogP contribution in [0.25, 0.3) is 0 Å². The van der Waals surface area contributed by atoms with Crippen LogP contribution in [0.5, 0.6) is 0 Å². The summed E-state index contributed by atoms with van der Waals surface area (Å²) >= 11 is 0. The van der Waals surface area contributed by atoms with E-state index in [1.165, 1.54) is 19.0 Å². The lowest BCUT2D eigenvalue weighted by Gasteiger charge is -2.16. The van der Waals surface area contributed by atoms with Crippen LogP contribution in [0.4, 0.5) is 29.1 Å². The molecule has 0 radical (unpaired) electrons. The molecule has 1 aromatic carbocycles. The maximum Gasteiger partial charge on any atom is 0.416 e. The lowest BCUT2D eigenvalue weighted by atomic mass is 9.98. The lowest BCUT2D eigenvalue weighted by molar-refractivity contribution is -0.137. The van der Waals surface area contributed by atoms with Crippen LogP contribution in [-0.4, -0.2) is 17.4 Å². The van der Waals surface area contributed by atoms with Gasteiger partial charge in [0.2, 0.25) is 0 Å². The van der Waals surface area contributed by atoms with Crippen molar-refractivity contribution in [3.63, 3.8) is 0 Å². The molecule has 1 aromatic heterocycles. The Labute approximate surface area is 173 Å². The number of benzene rings is 1. The van der Waals surface area contributed by atoms with Crippen molar-refractivity contribution in [3.05, 3.63) is 53.0 Å². The summed E-state index contributed by atoms with van der Waals surface area (Å²) in [6.45, 7) is 4.48. The Kier molecular flexibility index (Phi) is 6.63. The number of halogens is 4. The van der Waals surface area contributed by atoms with Crippen LogP contribution in [-0.2, 0) is 6.18 Å². The van der Waals surface area contributed by atoms with E-state index >= 15 is 0 Å². The Morgan fingerprint density at radius 2 is 1.90 bits per heavy atom. The van der Waals surface area contributed by atoms with E-state index in [4.69, 9.17) is 0 Å². The molecule has 2 N–H and O–H groups in total. The monoisotopic (exact) mass is 423 g/mol. The molecule has 2 aromatic rings. The van der Waals surface area contributed by atoms with E-state index in [1.54, 1.807) is 6.07 Å². The topological polar surface area (TPSA) is 54.0 Å². The standard InChI is InChI=1S/C22H25F4N3O/c1-13(2)16-10-20(29-19-8-7-15(9-18(19)23)22(24,25)26)27-12-17(16)21(30)28-11-14-5-3-4-6-14/h7-10,12-14H,3-6,11H2,1-2H3,(H,27,29)(H,28,30). The van der Waals surface area contributed by atoms with Crippen LogP contribution in [0.1, 0.15) is 66.9 Å². The fraction of sp³-hybridized carbons (Fsp3) is 0.455. The maximum atomic E-state index is 14.1. The van der Waals surface area contributed by atoms with Crippen LogP contribution < -0.4 is 10.6 Å². The van der Waals surface area contributed by atoms with Crippen molar-refractivity contribution in [1.29, 1.82) is 0 Å². The fourth-order valence-corrected chi connectivity index (χ4v) is 3.68. The number of hydrogen-bond acceptors (Lipinski definition) is 3. The largest absolute Gasteiger partial charge is 0.416 e. The first-order valence-electron chi connectivity index (χ1n) is 10.1. The van der Waals surface area contributed by atoms with Crippen molar-refractivity contribution in [1.82, 2.24) is 10.3 Å². The number of anilines is 2. The zero-order chi connectivity index (χ0) is 21.9. The third-order valence-corrected chi connectivity index (χ3v) is 5.39. The predicted molar refractivity (Wildman–Crippen MR) is 107 cm³/mol. The highest BCUT2D eigenvalue weighted by atomic mass is 19.4. The number of carbonyl (C=O) groups is 1. The first-order valence-corrected chi connectivity index (χ1v) is 10.1. The molecule has 0 bridgehead atoms. The number of aromatic nitrogens is 1. The molecule has 30 heavy (non-hydrogen) atoms. The number of carbonyl (C=O) groups excluding carboxylic acids is 1. The van der Waals surface area contributed by atoms with Crippen molar-refractivity contribution in [3.8, 4) is 0 Å². The molecular weight excluding hydrogens is 398 g/mol. The Morgan fingerprint density at radius 3 is 2.50 bits per heavy atom. The average molecular weight is 423 g/mol. The van der Waals surface area contributed by atoms with Gasteiger partial charge in [0.1, 0.15) is 11.6 Å². The van der Waals surface area contributed by atoms with Gasteiger partial charge in [-0.05, 0) is 54.5 Å². The van der Waals surface area contributed by atoms with Crippen molar-refractivity contribution >= 4 is 17.4 Å². The number of pyridine rings is 1. The number of nitrogens with one attached hydrogen (secondary N) is 2. The minimum atomic E-state index is -4.62. The van der Waals surface area contributed by atoms with Gasteiger partial charge in [-0.15, -0.1) is 0 Å². The summed E-state index contributed by atoms with van der Waals surface area (Å²) in [5.74, 6) is -0.475. The second-order valence-corrected chi connectivity index (χ2v) is 7.99. The average Bonchev–Trinajstić information content (AvgIpc) is 3.20. The fourth-order valence-electron chi connectivity index (χ4n) is 3.68. The summed E-state index contributed by atoms with van der Waals surface area (Å²) in [6.07, 6.45) is 1.44. The molecule has 162 valence electrons. The van der Waals surface area contributed by atoms with Gasteiger partial charge < -0.3 is 10.6 Å². The highest BCUT2D eigenvalue weighted by molar-refractivity contribution is 5.95. The molecule has 1 heterocycles. The second kappa shape index (κ2) is 9.02. The summed E-state index contributed by atoms with van der Waals surface area (Å²) in [5, 5.41) is 5.67. The van der Waals surface area contributed by atoms with Gasteiger partial charge >= 0.3 is 6.18 Å². The minimum absolute atomic E-state index is 0.00164.